The first-order valence-electron chi connectivity index (χ1n) is 7.09. The molecule has 2 aromatic rings. The standard InChI is InChI=1S/C15H20ClN3/c1-3-8-19-14-5-4-11(16)9-13(14)18-15(19)12-6-7-17-10(12)2/h4-5,9-10,12,17H,3,6-8H2,1-2H3. The number of hydrogen-bond acceptors (Lipinski definition) is 2. The van der Waals surface area contributed by atoms with Gasteiger partial charge < -0.3 is 9.88 Å². The number of fused-ring (bicyclic) bond motifs is 1. The number of halogens is 1. The Morgan fingerprint density at radius 1 is 1.47 bits per heavy atom. The molecule has 2 heterocycles. The summed E-state index contributed by atoms with van der Waals surface area (Å²) in [5.41, 5.74) is 2.23. The van der Waals surface area contributed by atoms with E-state index in [9.17, 15) is 0 Å². The quantitative estimate of drug-likeness (QED) is 0.930. The summed E-state index contributed by atoms with van der Waals surface area (Å²) < 4.78 is 2.37. The summed E-state index contributed by atoms with van der Waals surface area (Å²) in [7, 11) is 0. The van der Waals surface area contributed by atoms with E-state index in [1.165, 1.54) is 17.8 Å². The molecule has 102 valence electrons. The van der Waals surface area contributed by atoms with Gasteiger partial charge in [-0.25, -0.2) is 4.98 Å². The van der Waals surface area contributed by atoms with Crippen LogP contribution in [0.3, 0.4) is 0 Å². The molecule has 0 amide bonds. The molecule has 1 N–H and O–H groups in total. The summed E-state index contributed by atoms with van der Waals surface area (Å²) in [4.78, 5) is 4.86. The molecule has 4 heteroatoms. The zero-order valence-electron chi connectivity index (χ0n) is 11.5. The van der Waals surface area contributed by atoms with Crippen molar-refractivity contribution in [1.29, 1.82) is 0 Å². The lowest BCUT2D eigenvalue weighted by molar-refractivity contribution is 0.532. The van der Waals surface area contributed by atoms with Crippen molar-refractivity contribution < 1.29 is 0 Å². The Labute approximate surface area is 119 Å². The van der Waals surface area contributed by atoms with Gasteiger partial charge in [0.2, 0.25) is 0 Å². The number of nitrogens with zero attached hydrogens (tertiary/aromatic N) is 2. The first-order chi connectivity index (χ1) is 9.20. The second kappa shape index (κ2) is 5.14. The Bertz CT molecular complexity index is 590. The Morgan fingerprint density at radius 3 is 3.00 bits per heavy atom. The lowest BCUT2D eigenvalue weighted by Gasteiger charge is -2.16. The van der Waals surface area contributed by atoms with Crippen LogP contribution in [0.1, 0.15) is 38.4 Å². The molecule has 19 heavy (non-hydrogen) atoms. The third-order valence-corrected chi connectivity index (χ3v) is 4.28. The number of nitrogens with one attached hydrogen (secondary N) is 1. The minimum Gasteiger partial charge on any atom is -0.328 e. The maximum Gasteiger partial charge on any atom is 0.114 e. The van der Waals surface area contributed by atoms with Gasteiger partial charge in [0.05, 0.1) is 11.0 Å². The fourth-order valence-corrected chi connectivity index (χ4v) is 3.24. The van der Waals surface area contributed by atoms with Crippen molar-refractivity contribution in [2.45, 2.75) is 45.2 Å². The van der Waals surface area contributed by atoms with E-state index in [-0.39, 0.29) is 0 Å². The van der Waals surface area contributed by atoms with E-state index >= 15 is 0 Å². The topological polar surface area (TPSA) is 29.9 Å². The zero-order chi connectivity index (χ0) is 13.4. The van der Waals surface area contributed by atoms with Crippen molar-refractivity contribution in [2.75, 3.05) is 6.54 Å². The molecule has 2 atom stereocenters. The largest absolute Gasteiger partial charge is 0.328 e. The molecule has 0 aliphatic carbocycles. The van der Waals surface area contributed by atoms with Crippen LogP contribution in [0.25, 0.3) is 11.0 Å². The van der Waals surface area contributed by atoms with Gasteiger partial charge in [-0.1, -0.05) is 18.5 Å². The van der Waals surface area contributed by atoms with Gasteiger partial charge in [-0.15, -0.1) is 0 Å². The highest BCUT2D eigenvalue weighted by Gasteiger charge is 2.29. The molecular formula is C15H20ClN3. The van der Waals surface area contributed by atoms with Crippen molar-refractivity contribution in [2.24, 2.45) is 0 Å². The normalized spacial score (nSPS) is 23.3. The average molecular weight is 278 g/mol. The molecule has 1 aliphatic heterocycles. The smallest absolute Gasteiger partial charge is 0.114 e. The van der Waals surface area contributed by atoms with Gasteiger partial charge in [0, 0.05) is 23.5 Å². The van der Waals surface area contributed by atoms with Crippen molar-refractivity contribution in [1.82, 2.24) is 14.9 Å². The summed E-state index contributed by atoms with van der Waals surface area (Å²) in [6.45, 7) is 6.57. The molecule has 0 spiro atoms. The van der Waals surface area contributed by atoms with Gasteiger partial charge >= 0.3 is 0 Å². The molecular weight excluding hydrogens is 258 g/mol. The van der Waals surface area contributed by atoms with Crippen LogP contribution >= 0.6 is 11.6 Å². The molecule has 1 saturated heterocycles. The summed E-state index contributed by atoms with van der Waals surface area (Å²) in [6.07, 6.45) is 2.29. The number of aromatic nitrogens is 2. The summed E-state index contributed by atoms with van der Waals surface area (Å²) in [5.74, 6) is 1.73. The molecule has 3 nitrogen and oxygen atoms in total. The molecule has 1 fully saturated rings. The fraction of sp³-hybridized carbons (Fsp3) is 0.533. The Kier molecular flexibility index (Phi) is 3.50. The van der Waals surface area contributed by atoms with Gasteiger partial charge in [0.15, 0.2) is 0 Å². The van der Waals surface area contributed by atoms with Crippen LogP contribution in [0.15, 0.2) is 18.2 Å². The number of benzene rings is 1. The predicted octanol–water partition coefficient (Wildman–Crippen LogP) is 3.57. The van der Waals surface area contributed by atoms with Crippen molar-refractivity contribution in [3.8, 4) is 0 Å². The van der Waals surface area contributed by atoms with Crippen molar-refractivity contribution in [3.63, 3.8) is 0 Å². The average Bonchev–Trinajstić information content (AvgIpc) is 2.94. The van der Waals surface area contributed by atoms with E-state index in [0.717, 1.165) is 30.0 Å². The molecule has 1 aromatic carbocycles. The van der Waals surface area contributed by atoms with Crippen LogP contribution in [-0.4, -0.2) is 22.1 Å². The van der Waals surface area contributed by atoms with Crippen LogP contribution in [0, 0.1) is 0 Å². The highest BCUT2D eigenvalue weighted by atomic mass is 35.5. The Hall–Kier alpha value is -1.06. The van der Waals surface area contributed by atoms with E-state index < -0.39 is 0 Å². The molecule has 0 saturated carbocycles. The number of hydrogen-bond donors (Lipinski definition) is 1. The number of imidazole rings is 1. The van der Waals surface area contributed by atoms with Gasteiger partial charge in [-0.3, -0.25) is 0 Å². The Morgan fingerprint density at radius 2 is 2.32 bits per heavy atom. The van der Waals surface area contributed by atoms with Crippen LogP contribution < -0.4 is 5.32 Å². The van der Waals surface area contributed by atoms with Crippen molar-refractivity contribution in [3.05, 3.63) is 29.0 Å². The minimum atomic E-state index is 0.503. The van der Waals surface area contributed by atoms with E-state index in [0.29, 0.717) is 12.0 Å². The van der Waals surface area contributed by atoms with Crippen LogP contribution in [0.5, 0.6) is 0 Å². The highest BCUT2D eigenvalue weighted by Crippen LogP contribution is 2.31. The SMILES string of the molecule is CCCn1c(C2CCNC2C)nc2cc(Cl)ccc21. The summed E-state index contributed by atoms with van der Waals surface area (Å²) >= 11 is 6.08. The summed E-state index contributed by atoms with van der Waals surface area (Å²) in [6, 6.07) is 6.52. The molecule has 3 rings (SSSR count). The molecule has 2 unspecified atom stereocenters. The van der Waals surface area contributed by atoms with Gasteiger partial charge in [0.1, 0.15) is 5.82 Å². The van der Waals surface area contributed by atoms with Crippen LogP contribution in [0.2, 0.25) is 5.02 Å². The van der Waals surface area contributed by atoms with Gasteiger partial charge in [-0.2, -0.15) is 0 Å². The predicted molar refractivity (Wildman–Crippen MR) is 79.9 cm³/mol. The Balaban J connectivity index is 2.13. The maximum absolute atomic E-state index is 6.08. The molecule has 1 aliphatic rings. The second-order valence-corrected chi connectivity index (χ2v) is 5.83. The zero-order valence-corrected chi connectivity index (χ0v) is 12.2. The van der Waals surface area contributed by atoms with Gasteiger partial charge in [0.25, 0.3) is 0 Å². The van der Waals surface area contributed by atoms with Crippen LogP contribution in [0.4, 0.5) is 0 Å². The first kappa shape index (κ1) is 12.9. The lowest BCUT2D eigenvalue weighted by Crippen LogP contribution is -2.23. The summed E-state index contributed by atoms with van der Waals surface area (Å²) in [5, 5.41) is 4.28. The number of rotatable bonds is 3. The fourth-order valence-electron chi connectivity index (χ4n) is 3.07. The third kappa shape index (κ3) is 2.26. The van der Waals surface area contributed by atoms with E-state index in [2.05, 4.69) is 29.8 Å². The molecule has 1 aromatic heterocycles. The van der Waals surface area contributed by atoms with E-state index in [1.807, 2.05) is 12.1 Å². The number of aryl methyl sites for hydroxylation is 1. The monoisotopic (exact) mass is 277 g/mol. The third-order valence-electron chi connectivity index (χ3n) is 4.04. The van der Waals surface area contributed by atoms with Crippen molar-refractivity contribution >= 4 is 22.6 Å². The van der Waals surface area contributed by atoms with Crippen LogP contribution in [-0.2, 0) is 6.54 Å². The minimum absolute atomic E-state index is 0.503. The molecule has 0 radical (unpaired) electrons. The maximum atomic E-state index is 6.08. The highest BCUT2D eigenvalue weighted by molar-refractivity contribution is 6.31. The van der Waals surface area contributed by atoms with E-state index in [4.69, 9.17) is 16.6 Å². The molecule has 0 bridgehead atoms. The van der Waals surface area contributed by atoms with Gasteiger partial charge in [-0.05, 0) is 44.5 Å². The first-order valence-corrected chi connectivity index (χ1v) is 7.47. The second-order valence-electron chi connectivity index (χ2n) is 5.39. The van der Waals surface area contributed by atoms with E-state index in [1.54, 1.807) is 0 Å². The lowest BCUT2D eigenvalue weighted by atomic mass is 10.0.